The van der Waals surface area contributed by atoms with Gasteiger partial charge in [-0.25, -0.2) is 0 Å². The van der Waals surface area contributed by atoms with Gasteiger partial charge in [0.05, 0.1) is 18.6 Å². The van der Waals surface area contributed by atoms with E-state index in [2.05, 4.69) is 120 Å². The Morgan fingerprint density at radius 1 is 0.707 bits per heavy atom. The first kappa shape index (κ1) is 64.2. The van der Waals surface area contributed by atoms with E-state index in [-0.39, 0.29) is 95.2 Å². The first-order valence-corrected chi connectivity index (χ1v) is 40.3. The molecule has 7 aliphatic carbocycles. The van der Waals surface area contributed by atoms with Crippen LogP contribution >= 0.6 is 43.2 Å². The van der Waals surface area contributed by atoms with Crippen LogP contribution in [-0.4, -0.2) is 92.0 Å². The van der Waals surface area contributed by atoms with Gasteiger partial charge in [-0.1, -0.05) is 152 Å². The number of benzene rings is 8. The third-order valence-electron chi connectivity index (χ3n) is 25.4. The Morgan fingerprint density at radius 2 is 1.54 bits per heavy atom. The average Bonchev–Trinajstić information content (AvgIpc) is 0.695. The van der Waals surface area contributed by atoms with Crippen LogP contribution in [0.15, 0.2) is 146 Å². The van der Waals surface area contributed by atoms with E-state index in [0.717, 1.165) is 103 Å². The van der Waals surface area contributed by atoms with Crippen molar-refractivity contribution in [3.63, 3.8) is 0 Å². The van der Waals surface area contributed by atoms with Gasteiger partial charge in [-0.3, -0.25) is 9.59 Å². The van der Waals surface area contributed by atoms with Gasteiger partial charge in [-0.2, -0.15) is 0 Å². The molecule has 12 aliphatic rings. The number of rotatable bonds is 3. The summed E-state index contributed by atoms with van der Waals surface area (Å²) in [6.45, 7) is 2.01. The fourth-order valence-corrected chi connectivity index (χ4v) is 27.3. The van der Waals surface area contributed by atoms with Gasteiger partial charge in [0.25, 0.3) is 0 Å². The molecule has 4 saturated carbocycles. The lowest BCUT2D eigenvalue weighted by atomic mass is 9.38. The van der Waals surface area contributed by atoms with E-state index in [1.807, 2.05) is 58.0 Å². The number of aromatic hydroxyl groups is 3. The summed E-state index contributed by atoms with van der Waals surface area (Å²) in [7, 11) is 8.50. The van der Waals surface area contributed by atoms with Crippen LogP contribution in [0.3, 0.4) is 0 Å². The molecular weight excluding hydrogens is 1320 g/mol. The van der Waals surface area contributed by atoms with E-state index in [9.17, 15) is 30.3 Å². The molecule has 8 aromatic carbocycles. The monoisotopic (exact) mass is 1400 g/mol. The number of carbonyl (C=O) groups is 2. The largest absolute Gasteiger partial charge is 0.508 e. The third-order valence-corrected chi connectivity index (χ3v) is 30.9. The molecule has 99 heavy (non-hydrogen) atoms. The fourth-order valence-electron chi connectivity index (χ4n) is 21.5. The summed E-state index contributed by atoms with van der Waals surface area (Å²) in [5.41, 5.74) is 7.86. The number of phenolic OH excluding ortho intramolecular Hbond substituents is 3. The lowest BCUT2D eigenvalue weighted by Gasteiger charge is -2.66. The Bertz CT molecular complexity index is 4650. The summed E-state index contributed by atoms with van der Waals surface area (Å²) in [4.78, 5) is 32.4. The number of fused-ring (bicyclic) bond motifs is 9. The van der Waals surface area contributed by atoms with Crippen molar-refractivity contribution in [2.45, 2.75) is 141 Å². The summed E-state index contributed by atoms with van der Waals surface area (Å²) in [6.07, 6.45) is 2.74. The molecule has 20 rings (SSSR count). The number of esters is 2. The molecule has 0 saturated heterocycles. The molecule has 19 atom stereocenters. The number of aliphatic hydroxyl groups is 2. The molecular formula is C83H81NO11S4. The molecule has 4 fully saturated rings. The first-order chi connectivity index (χ1) is 48.2. The minimum atomic E-state index is -1.31. The zero-order chi connectivity index (χ0) is 67.2. The average molecular weight is 1400 g/mol. The summed E-state index contributed by atoms with van der Waals surface area (Å²) in [5, 5.41) is 69.5. The van der Waals surface area contributed by atoms with Crippen LogP contribution in [0, 0.1) is 65.1 Å². The van der Waals surface area contributed by atoms with Gasteiger partial charge >= 0.3 is 11.9 Å². The Labute approximate surface area is 593 Å². The number of phenols is 3. The van der Waals surface area contributed by atoms with E-state index in [0.29, 0.717) is 43.7 Å². The van der Waals surface area contributed by atoms with Crippen molar-refractivity contribution in [3.05, 3.63) is 196 Å². The van der Waals surface area contributed by atoms with Crippen LogP contribution in [0.1, 0.15) is 114 Å². The van der Waals surface area contributed by atoms with Gasteiger partial charge in [0, 0.05) is 65.9 Å². The number of hydrogen-bond acceptors (Lipinski definition) is 16. The predicted octanol–water partition coefficient (Wildman–Crippen LogP) is 15.3. The summed E-state index contributed by atoms with van der Waals surface area (Å²) < 4.78 is 27.4. The van der Waals surface area contributed by atoms with E-state index >= 15 is 4.79 Å². The van der Waals surface area contributed by atoms with E-state index in [1.165, 1.54) is 28.8 Å². The number of hydrogen-bond donors (Lipinski definition) is 6. The smallest absolute Gasteiger partial charge is 0.317 e. The van der Waals surface area contributed by atoms with Crippen molar-refractivity contribution in [2.75, 3.05) is 19.5 Å². The number of methoxy groups -OCH3 is 1. The lowest BCUT2D eigenvalue weighted by molar-refractivity contribution is -0.179. The Morgan fingerprint density at radius 3 is 2.40 bits per heavy atom. The standard InChI is InChI=1S/C83H81NO11S4/c1-43(85)94-74-34-59-33-65-63-36-76(72(88)29-53(63)26-66-71(87)37-68-64-35-73(89)75(92-2)30-54(64)28-69(74)83(68,79(65)66)57-19-14-45-9-3-4-11-47(45)24-57)93-40-77(90)98-96-42-55-38-82(81(91)95-59)56-18-15-49-25-58(86)32-62(61(49)31-56)48-13-7-8-44(22-48)39-84-70-21-17-51-27-67(82)60-20-16-50(70)23-46-10-5-6-12-52(46)41-97-99-80(51)78(55)60/h3-15,18-19,22,24-25,29-32,35-36,50-51,55,59-60,65-71,74,77-80,84,86-90H,17,21,23,26-28,33-34,37-42H2,1-2H3/t50-,51+,55+,59+,60-,65+,66+,67+,68+,69-,70+,71-,74-,77+,78+,79+,80+,82+,83+/m1/s1. The minimum Gasteiger partial charge on any atom is -0.508 e. The first-order valence-electron chi connectivity index (χ1n) is 35.6. The van der Waals surface area contributed by atoms with E-state index < -0.39 is 70.1 Å². The molecule has 1 spiro atoms. The molecule has 5 aliphatic heterocycles. The number of carbonyl (C=O) groups excluding carboxylic acids is 2. The molecule has 17 bridgehead atoms. The molecule has 16 heteroatoms. The molecule has 0 unspecified atom stereocenters. The van der Waals surface area contributed by atoms with Crippen molar-refractivity contribution in [3.8, 4) is 51.7 Å². The SMILES string of the molecule is COc1cc2c(cc1O)[C@@H]1C[C@@H](O)[C@@H]3Cc4cc(O)c5cc4[C@@H]4C[C@@H](C[C@@H](OC(C)=O)[C@@H](C2)[C@@]1(c1ccc2ccccc2c1)[C@H]34)OC(=O)[C@@]12C[C@@H](CSS[C@H](O)CO5)[C@H]3[C@@H]4C#C[C@@H]5Cc6ccccc6CSS[C@H]3[C@@H](CC[C@@H]5NCc3cccc(c3)-c3cc(O)cc5ccc1cc35)C[C@@H]42. The molecule has 508 valence electrons. The predicted molar refractivity (Wildman–Crippen MR) is 392 cm³/mol. The zero-order valence-corrected chi connectivity index (χ0v) is 58.7. The second-order valence-electron chi connectivity index (χ2n) is 30.2. The van der Waals surface area contributed by atoms with Crippen LogP contribution < -0.4 is 14.8 Å². The minimum absolute atomic E-state index is 0.00185. The van der Waals surface area contributed by atoms with Crippen LogP contribution in [0.5, 0.6) is 28.7 Å². The van der Waals surface area contributed by atoms with Gasteiger partial charge in [-0.15, -0.1) is 0 Å². The third kappa shape index (κ3) is 10.7. The molecule has 0 amide bonds. The van der Waals surface area contributed by atoms with Crippen molar-refractivity contribution in [1.29, 1.82) is 0 Å². The normalized spacial score (nSPS) is 34.0. The Balaban J connectivity index is 0.887. The van der Waals surface area contributed by atoms with Gasteiger partial charge in [0.1, 0.15) is 30.0 Å². The molecule has 8 aromatic rings. The fraction of sp³-hybridized carbons (Fsp3) is 0.422. The highest BCUT2D eigenvalue weighted by molar-refractivity contribution is 8.77. The van der Waals surface area contributed by atoms with Crippen LogP contribution in [0.2, 0.25) is 0 Å². The van der Waals surface area contributed by atoms with Gasteiger partial charge < -0.3 is 49.8 Å². The summed E-state index contributed by atoms with van der Waals surface area (Å²) >= 11 is 0. The topological polar surface area (TPSA) is 184 Å². The molecule has 6 N–H and O–H groups in total. The van der Waals surface area contributed by atoms with Gasteiger partial charge in [0.15, 0.2) is 23.0 Å². The number of ether oxygens (including phenoxy) is 4. The maximum Gasteiger partial charge on any atom is 0.317 e. The maximum atomic E-state index is 18.0. The van der Waals surface area contributed by atoms with Crippen molar-refractivity contribution in [2.24, 2.45) is 53.3 Å². The second kappa shape index (κ2) is 25.2. The Hall–Kier alpha value is -6.94. The maximum absolute atomic E-state index is 18.0. The second-order valence-corrected chi connectivity index (χ2v) is 35.4. The highest BCUT2D eigenvalue weighted by Crippen LogP contribution is 2.71. The zero-order valence-electron chi connectivity index (χ0n) is 55.4. The summed E-state index contributed by atoms with van der Waals surface area (Å²) in [5.74, 6) is 6.93. The number of nitrogens with one attached hydrogen (secondary N) is 1. The molecule has 12 nitrogen and oxygen atoms in total. The highest BCUT2D eigenvalue weighted by atomic mass is 33.1. The highest BCUT2D eigenvalue weighted by Gasteiger charge is 2.69. The molecule has 0 aromatic heterocycles. The quantitative estimate of drug-likeness (QED) is 0.0557. The van der Waals surface area contributed by atoms with Crippen LogP contribution in [0.4, 0.5) is 0 Å². The van der Waals surface area contributed by atoms with Crippen LogP contribution in [-0.2, 0) is 61.5 Å². The van der Waals surface area contributed by atoms with Crippen molar-refractivity contribution < 1.29 is 54.1 Å². The lowest BCUT2D eigenvalue weighted by Crippen LogP contribution is -2.65. The van der Waals surface area contributed by atoms with Crippen LogP contribution in [0.25, 0.3) is 32.7 Å². The Kier molecular flexibility index (Phi) is 16.4. The van der Waals surface area contributed by atoms with Crippen molar-refractivity contribution >= 4 is 76.7 Å². The molecule has 0 radical (unpaired) electrons. The molecule has 5 heterocycles. The van der Waals surface area contributed by atoms with Gasteiger partial charge in [-0.05, 0) is 236 Å². The van der Waals surface area contributed by atoms with Crippen molar-refractivity contribution in [1.82, 2.24) is 5.32 Å². The van der Waals surface area contributed by atoms with E-state index in [1.54, 1.807) is 24.0 Å². The van der Waals surface area contributed by atoms with E-state index in [4.69, 9.17) is 18.9 Å². The summed E-state index contributed by atoms with van der Waals surface area (Å²) in [6, 6.07) is 50.3. The van der Waals surface area contributed by atoms with Gasteiger partial charge in [0.2, 0.25) is 0 Å². The number of aliphatic hydroxyl groups excluding tert-OH is 2.